The van der Waals surface area contributed by atoms with Gasteiger partial charge in [-0.05, 0) is 6.42 Å². The van der Waals surface area contributed by atoms with Gasteiger partial charge in [-0.1, -0.05) is 13.8 Å². The number of hydrogen-bond acceptors (Lipinski definition) is 8. The molecule has 1 amide bonds. The molecule has 0 aromatic carbocycles. The quantitative estimate of drug-likeness (QED) is 0.521. The lowest BCUT2D eigenvalue weighted by Crippen LogP contribution is -2.73. The van der Waals surface area contributed by atoms with Crippen LogP contribution in [0, 0.1) is 11.8 Å². The minimum Gasteiger partial charge on any atom is -0.459 e. The zero-order valence-electron chi connectivity index (χ0n) is 14.7. The Labute approximate surface area is 149 Å². The van der Waals surface area contributed by atoms with Gasteiger partial charge in [-0.25, -0.2) is 4.79 Å². The number of ketones is 1. The Morgan fingerprint density at radius 2 is 1.92 bits per heavy atom. The fraction of sp³-hybridized carbons (Fsp3) is 0.765. The summed E-state index contributed by atoms with van der Waals surface area (Å²) < 4.78 is 21.7. The van der Waals surface area contributed by atoms with E-state index in [1.165, 1.54) is 11.8 Å². The molecule has 9 heteroatoms. The monoisotopic (exact) mass is 367 g/mol. The predicted molar refractivity (Wildman–Crippen MR) is 82.6 cm³/mol. The van der Waals surface area contributed by atoms with Crippen LogP contribution in [-0.4, -0.2) is 65.4 Å². The Bertz CT molecular complexity index is 678. The molecule has 4 rings (SSSR count). The first-order chi connectivity index (χ1) is 12.3. The van der Waals surface area contributed by atoms with E-state index in [0.29, 0.717) is 6.42 Å². The van der Waals surface area contributed by atoms with Gasteiger partial charge >= 0.3 is 12.1 Å². The third kappa shape index (κ3) is 2.33. The number of piperidine rings is 1. The maximum absolute atomic E-state index is 12.7. The summed E-state index contributed by atoms with van der Waals surface area (Å²) in [6, 6.07) is -0.596. The van der Waals surface area contributed by atoms with Gasteiger partial charge < -0.3 is 23.8 Å². The number of esters is 1. The standard InChI is InChI=1S/C17H21NO8/c1-4-9-13(23-7(3)19)6(2)16(24-9)18-10(21)5-8(20)11-12(18)15-14(11)25-17(22)26-15/h6,9,11-16H,4-5H2,1-3H3. The second-order valence-corrected chi connectivity index (χ2v) is 7.28. The highest BCUT2D eigenvalue weighted by Crippen LogP contribution is 2.48. The van der Waals surface area contributed by atoms with Gasteiger partial charge in [0.25, 0.3) is 0 Å². The molecule has 9 nitrogen and oxygen atoms in total. The lowest BCUT2D eigenvalue weighted by Gasteiger charge is -2.53. The van der Waals surface area contributed by atoms with Gasteiger partial charge in [-0.2, -0.15) is 0 Å². The molecule has 8 atom stereocenters. The summed E-state index contributed by atoms with van der Waals surface area (Å²) in [5.74, 6) is -1.89. The van der Waals surface area contributed by atoms with Gasteiger partial charge in [0.05, 0.1) is 24.5 Å². The van der Waals surface area contributed by atoms with Gasteiger partial charge in [-0.3, -0.25) is 14.4 Å². The van der Waals surface area contributed by atoms with E-state index in [2.05, 4.69) is 0 Å². The molecule has 26 heavy (non-hydrogen) atoms. The molecule has 1 aliphatic carbocycles. The number of rotatable bonds is 3. The maximum Gasteiger partial charge on any atom is 0.509 e. The van der Waals surface area contributed by atoms with E-state index in [1.807, 2.05) is 13.8 Å². The summed E-state index contributed by atoms with van der Waals surface area (Å²) in [5.41, 5.74) is 0. The average Bonchev–Trinajstić information content (AvgIpc) is 3.03. The first-order valence-electron chi connectivity index (χ1n) is 8.87. The molecule has 0 spiro atoms. The molecule has 3 saturated heterocycles. The number of nitrogens with zero attached hydrogens (tertiary/aromatic N) is 1. The molecular weight excluding hydrogens is 346 g/mol. The zero-order valence-corrected chi connectivity index (χ0v) is 14.7. The summed E-state index contributed by atoms with van der Waals surface area (Å²) in [7, 11) is 0. The number of likely N-dealkylation sites (tertiary alicyclic amines) is 1. The highest BCUT2D eigenvalue weighted by molar-refractivity contribution is 6.03. The zero-order chi connectivity index (χ0) is 18.7. The highest BCUT2D eigenvalue weighted by Gasteiger charge is 2.69. The van der Waals surface area contributed by atoms with Crippen LogP contribution in [0.2, 0.25) is 0 Å². The summed E-state index contributed by atoms with van der Waals surface area (Å²) in [4.78, 5) is 49.3. The van der Waals surface area contributed by atoms with E-state index in [4.69, 9.17) is 18.9 Å². The van der Waals surface area contributed by atoms with Crippen LogP contribution in [0.3, 0.4) is 0 Å². The third-order valence-electron chi connectivity index (χ3n) is 5.78. The smallest absolute Gasteiger partial charge is 0.459 e. The van der Waals surface area contributed by atoms with Crippen molar-refractivity contribution in [3.8, 4) is 0 Å². The average molecular weight is 367 g/mol. The van der Waals surface area contributed by atoms with Crippen molar-refractivity contribution in [3.63, 3.8) is 0 Å². The summed E-state index contributed by atoms with van der Waals surface area (Å²) >= 11 is 0. The van der Waals surface area contributed by atoms with Crippen LogP contribution >= 0.6 is 0 Å². The fourth-order valence-corrected chi connectivity index (χ4v) is 4.62. The second kappa shape index (κ2) is 5.94. The van der Waals surface area contributed by atoms with E-state index >= 15 is 0 Å². The number of fused-ring (bicyclic) bond motifs is 4. The Morgan fingerprint density at radius 1 is 1.23 bits per heavy atom. The van der Waals surface area contributed by atoms with Crippen molar-refractivity contribution in [1.82, 2.24) is 4.90 Å². The molecule has 0 N–H and O–H groups in total. The van der Waals surface area contributed by atoms with Crippen LogP contribution in [0.15, 0.2) is 0 Å². The van der Waals surface area contributed by atoms with Crippen molar-refractivity contribution in [3.05, 3.63) is 0 Å². The Morgan fingerprint density at radius 3 is 2.58 bits per heavy atom. The van der Waals surface area contributed by atoms with Crippen molar-refractivity contribution in [2.75, 3.05) is 0 Å². The van der Waals surface area contributed by atoms with Gasteiger partial charge in [0.1, 0.15) is 12.3 Å². The molecule has 0 bridgehead atoms. The number of hydrogen-bond donors (Lipinski definition) is 0. The largest absolute Gasteiger partial charge is 0.509 e. The first kappa shape index (κ1) is 17.3. The summed E-state index contributed by atoms with van der Waals surface area (Å²) in [6.45, 7) is 5.09. The lowest BCUT2D eigenvalue weighted by atomic mass is 9.67. The summed E-state index contributed by atoms with van der Waals surface area (Å²) in [6.07, 6.45) is -3.26. The molecule has 0 aromatic rings. The molecule has 0 radical (unpaired) electrons. The first-order valence-corrected chi connectivity index (χ1v) is 8.87. The fourth-order valence-electron chi connectivity index (χ4n) is 4.62. The van der Waals surface area contributed by atoms with Crippen molar-refractivity contribution >= 4 is 23.8 Å². The van der Waals surface area contributed by atoms with Crippen molar-refractivity contribution in [1.29, 1.82) is 0 Å². The molecule has 1 saturated carbocycles. The van der Waals surface area contributed by atoms with Crippen LogP contribution in [0.25, 0.3) is 0 Å². The van der Waals surface area contributed by atoms with Crippen LogP contribution in [0.1, 0.15) is 33.6 Å². The van der Waals surface area contributed by atoms with Crippen molar-refractivity contribution < 1.29 is 38.1 Å². The Kier molecular flexibility index (Phi) is 3.94. The molecule has 4 fully saturated rings. The van der Waals surface area contributed by atoms with E-state index in [1.54, 1.807) is 0 Å². The number of ether oxygens (including phenoxy) is 4. The third-order valence-corrected chi connectivity index (χ3v) is 5.78. The number of carbonyl (C=O) groups excluding carboxylic acids is 4. The Balaban J connectivity index is 1.61. The molecule has 8 unspecified atom stereocenters. The second-order valence-electron chi connectivity index (χ2n) is 7.28. The van der Waals surface area contributed by atoms with E-state index in [0.717, 1.165) is 0 Å². The molecule has 4 aliphatic rings. The number of Topliss-reactive ketones (excluding diaryl/α,β-unsaturated/α-hetero) is 1. The van der Waals surface area contributed by atoms with E-state index in [9.17, 15) is 19.2 Å². The van der Waals surface area contributed by atoms with Gasteiger partial charge in [0.15, 0.2) is 18.0 Å². The minimum atomic E-state index is -0.820. The topological polar surface area (TPSA) is 108 Å². The predicted octanol–water partition coefficient (Wildman–Crippen LogP) is 0.393. The van der Waals surface area contributed by atoms with Crippen molar-refractivity contribution in [2.45, 2.75) is 70.3 Å². The number of amides is 1. The summed E-state index contributed by atoms with van der Waals surface area (Å²) in [5, 5.41) is 0. The maximum atomic E-state index is 12.7. The van der Waals surface area contributed by atoms with Crippen LogP contribution < -0.4 is 0 Å². The van der Waals surface area contributed by atoms with Crippen molar-refractivity contribution in [2.24, 2.45) is 11.8 Å². The molecule has 0 aromatic heterocycles. The minimum absolute atomic E-state index is 0.245. The van der Waals surface area contributed by atoms with Gasteiger partial charge in [0, 0.05) is 12.8 Å². The van der Waals surface area contributed by atoms with Crippen LogP contribution in [0.5, 0.6) is 0 Å². The van der Waals surface area contributed by atoms with E-state index in [-0.39, 0.29) is 30.1 Å². The van der Waals surface area contributed by atoms with Gasteiger partial charge in [0.2, 0.25) is 5.91 Å². The number of carbonyl (C=O) groups is 4. The molecule has 3 heterocycles. The van der Waals surface area contributed by atoms with Crippen LogP contribution in [-0.2, 0) is 33.3 Å². The molecule has 3 aliphatic heterocycles. The lowest BCUT2D eigenvalue weighted by molar-refractivity contribution is -0.196. The van der Waals surface area contributed by atoms with Crippen LogP contribution in [0.4, 0.5) is 4.79 Å². The molecular formula is C17H21NO8. The highest BCUT2D eigenvalue weighted by atomic mass is 16.8. The van der Waals surface area contributed by atoms with Gasteiger partial charge in [-0.15, -0.1) is 0 Å². The normalized spacial score (nSPS) is 44.0. The molecule has 142 valence electrons. The SMILES string of the molecule is CCC1OC(N2C(=O)CC(=O)C3C4OC(=O)OC4C32)C(C)C1OC(C)=O. The Hall–Kier alpha value is -2.16. The van der Waals surface area contributed by atoms with E-state index < -0.39 is 48.6 Å².